The molecule has 1 aliphatic heterocycles. The van der Waals surface area contributed by atoms with E-state index in [1.165, 1.54) is 35.2 Å². The van der Waals surface area contributed by atoms with Crippen LogP contribution in [0.25, 0.3) is 0 Å². The van der Waals surface area contributed by atoms with Gasteiger partial charge < -0.3 is 10.2 Å². The van der Waals surface area contributed by atoms with E-state index in [9.17, 15) is 0 Å². The van der Waals surface area contributed by atoms with Gasteiger partial charge in [0.25, 0.3) is 0 Å². The maximum Gasteiger partial charge on any atom is 0.0397 e. The van der Waals surface area contributed by atoms with Gasteiger partial charge in [-0.2, -0.15) is 0 Å². The van der Waals surface area contributed by atoms with Crippen LogP contribution in [-0.4, -0.2) is 20.1 Å². The van der Waals surface area contributed by atoms with Crippen molar-refractivity contribution in [2.75, 3.05) is 25.0 Å². The summed E-state index contributed by atoms with van der Waals surface area (Å²) in [5, 5.41) is 3.63. The lowest BCUT2D eigenvalue weighted by Crippen LogP contribution is -2.28. The first kappa shape index (κ1) is 12.9. The van der Waals surface area contributed by atoms with Gasteiger partial charge in [0.05, 0.1) is 0 Å². The summed E-state index contributed by atoms with van der Waals surface area (Å²) in [4.78, 5) is 2.35. The highest BCUT2D eigenvalue weighted by molar-refractivity contribution is 5.58. The molecule has 108 valence electrons. The van der Waals surface area contributed by atoms with E-state index < -0.39 is 0 Å². The first-order valence-corrected chi connectivity index (χ1v) is 7.93. The lowest BCUT2D eigenvalue weighted by molar-refractivity contribution is 0.535. The van der Waals surface area contributed by atoms with E-state index in [2.05, 4.69) is 59.7 Å². The number of likely N-dealkylation sites (N-methyl/N-ethyl adjacent to an activating group) is 1. The molecule has 0 aromatic heterocycles. The predicted molar refractivity (Wildman–Crippen MR) is 88.0 cm³/mol. The highest BCUT2D eigenvalue weighted by Gasteiger charge is 2.24. The summed E-state index contributed by atoms with van der Waals surface area (Å²) in [5.41, 5.74) is 7.40. The average Bonchev–Trinajstić information content (AvgIpc) is 2.85. The molecule has 1 N–H and O–H groups in total. The molecule has 1 unspecified atom stereocenters. The average molecular weight is 278 g/mol. The van der Waals surface area contributed by atoms with E-state index in [4.69, 9.17) is 0 Å². The topological polar surface area (TPSA) is 15.3 Å². The van der Waals surface area contributed by atoms with Crippen molar-refractivity contribution in [2.24, 2.45) is 0 Å². The minimum Gasteiger partial charge on any atom is -0.374 e. The molecule has 1 heterocycles. The number of benzene rings is 2. The number of rotatable bonds is 4. The van der Waals surface area contributed by atoms with E-state index in [1.54, 1.807) is 5.56 Å². The maximum atomic E-state index is 3.63. The molecule has 0 fully saturated rings. The molecule has 2 aromatic rings. The van der Waals surface area contributed by atoms with Gasteiger partial charge in [-0.25, -0.2) is 0 Å². The number of hydrogen-bond donors (Lipinski definition) is 1. The summed E-state index contributed by atoms with van der Waals surface area (Å²) < 4.78 is 0. The van der Waals surface area contributed by atoms with E-state index in [-0.39, 0.29) is 0 Å². The molecular formula is C19H22N2. The SMILES string of the molecule is CN1CCc2cc(CNCC3Cc4ccccc43)ccc21. The maximum absolute atomic E-state index is 3.63. The largest absolute Gasteiger partial charge is 0.374 e. The van der Waals surface area contributed by atoms with Crippen LogP contribution in [0.2, 0.25) is 0 Å². The second kappa shape index (κ2) is 5.19. The molecule has 2 aliphatic rings. The minimum absolute atomic E-state index is 0.710. The zero-order valence-corrected chi connectivity index (χ0v) is 12.6. The first-order chi connectivity index (χ1) is 10.3. The Hall–Kier alpha value is -1.80. The van der Waals surface area contributed by atoms with Crippen molar-refractivity contribution in [3.8, 4) is 0 Å². The molecule has 0 spiro atoms. The van der Waals surface area contributed by atoms with Gasteiger partial charge in [-0.3, -0.25) is 0 Å². The van der Waals surface area contributed by atoms with Crippen molar-refractivity contribution in [1.29, 1.82) is 0 Å². The molecule has 0 amide bonds. The Labute approximate surface area is 126 Å². The third-order valence-corrected chi connectivity index (χ3v) is 4.95. The van der Waals surface area contributed by atoms with Crippen LogP contribution in [0.15, 0.2) is 42.5 Å². The summed E-state index contributed by atoms with van der Waals surface area (Å²) in [6.45, 7) is 3.23. The van der Waals surface area contributed by atoms with Crippen molar-refractivity contribution in [1.82, 2.24) is 5.32 Å². The lowest BCUT2D eigenvalue weighted by Gasteiger charge is -2.30. The molecule has 0 saturated heterocycles. The Morgan fingerprint density at radius 1 is 1.14 bits per heavy atom. The predicted octanol–water partition coefficient (Wildman–Crippen LogP) is 3.11. The number of fused-ring (bicyclic) bond motifs is 2. The quantitative estimate of drug-likeness (QED) is 0.924. The van der Waals surface area contributed by atoms with Crippen LogP contribution in [0.1, 0.15) is 28.2 Å². The van der Waals surface area contributed by atoms with Gasteiger partial charge in [-0.15, -0.1) is 0 Å². The smallest absolute Gasteiger partial charge is 0.0397 e. The van der Waals surface area contributed by atoms with Crippen LogP contribution >= 0.6 is 0 Å². The molecule has 1 atom stereocenters. The van der Waals surface area contributed by atoms with Crippen LogP contribution in [0.5, 0.6) is 0 Å². The molecule has 2 heteroatoms. The number of anilines is 1. The van der Waals surface area contributed by atoms with Crippen LogP contribution in [-0.2, 0) is 19.4 Å². The Morgan fingerprint density at radius 3 is 2.95 bits per heavy atom. The molecule has 0 bridgehead atoms. The van der Waals surface area contributed by atoms with Crippen molar-refractivity contribution in [3.63, 3.8) is 0 Å². The zero-order chi connectivity index (χ0) is 14.2. The van der Waals surface area contributed by atoms with Crippen molar-refractivity contribution >= 4 is 5.69 Å². The second-order valence-electron chi connectivity index (χ2n) is 6.37. The van der Waals surface area contributed by atoms with Crippen molar-refractivity contribution in [2.45, 2.75) is 25.3 Å². The summed E-state index contributed by atoms with van der Waals surface area (Å²) in [5.74, 6) is 0.710. The van der Waals surface area contributed by atoms with Gasteiger partial charge in [0.15, 0.2) is 0 Å². The van der Waals surface area contributed by atoms with Gasteiger partial charge in [-0.05, 0) is 41.2 Å². The fourth-order valence-corrected chi connectivity index (χ4v) is 3.67. The fraction of sp³-hybridized carbons (Fsp3) is 0.368. The van der Waals surface area contributed by atoms with Crippen molar-refractivity contribution in [3.05, 3.63) is 64.7 Å². The summed E-state index contributed by atoms with van der Waals surface area (Å²) in [6, 6.07) is 15.7. The van der Waals surface area contributed by atoms with Gasteiger partial charge in [-0.1, -0.05) is 36.4 Å². The van der Waals surface area contributed by atoms with Crippen molar-refractivity contribution < 1.29 is 0 Å². The van der Waals surface area contributed by atoms with E-state index >= 15 is 0 Å². The van der Waals surface area contributed by atoms with E-state index in [0.717, 1.165) is 19.6 Å². The lowest BCUT2D eigenvalue weighted by atomic mass is 9.77. The standard InChI is InChI=1S/C19H22N2/c1-21-9-8-16-10-14(6-7-19(16)21)12-20-13-17-11-15-4-2-3-5-18(15)17/h2-7,10,17,20H,8-9,11-13H2,1H3. The molecule has 1 aliphatic carbocycles. The van der Waals surface area contributed by atoms with Crippen LogP contribution in [0.4, 0.5) is 5.69 Å². The number of hydrogen-bond acceptors (Lipinski definition) is 2. The molecular weight excluding hydrogens is 256 g/mol. The molecule has 4 rings (SSSR count). The highest BCUT2D eigenvalue weighted by Crippen LogP contribution is 2.34. The second-order valence-corrected chi connectivity index (χ2v) is 6.37. The Morgan fingerprint density at radius 2 is 2.05 bits per heavy atom. The Balaban J connectivity index is 1.34. The van der Waals surface area contributed by atoms with Gasteiger partial charge in [0.2, 0.25) is 0 Å². The van der Waals surface area contributed by atoms with Crippen LogP contribution in [0.3, 0.4) is 0 Å². The summed E-state index contributed by atoms with van der Waals surface area (Å²) in [7, 11) is 2.18. The normalized spacial score (nSPS) is 19.1. The molecule has 2 nitrogen and oxygen atoms in total. The third-order valence-electron chi connectivity index (χ3n) is 4.95. The minimum atomic E-state index is 0.710. The van der Waals surface area contributed by atoms with Crippen LogP contribution < -0.4 is 10.2 Å². The number of nitrogens with zero attached hydrogens (tertiary/aromatic N) is 1. The summed E-state index contributed by atoms with van der Waals surface area (Å²) in [6.07, 6.45) is 2.42. The molecule has 0 saturated carbocycles. The molecule has 21 heavy (non-hydrogen) atoms. The van der Waals surface area contributed by atoms with Gasteiger partial charge in [0, 0.05) is 38.3 Å². The monoisotopic (exact) mass is 278 g/mol. The van der Waals surface area contributed by atoms with Gasteiger partial charge >= 0.3 is 0 Å². The molecule has 2 aromatic carbocycles. The van der Waals surface area contributed by atoms with E-state index in [0.29, 0.717) is 5.92 Å². The third kappa shape index (κ3) is 2.34. The zero-order valence-electron chi connectivity index (χ0n) is 12.6. The Bertz CT molecular complexity index is 662. The number of nitrogens with one attached hydrogen (secondary N) is 1. The molecule has 0 radical (unpaired) electrons. The van der Waals surface area contributed by atoms with Crippen LogP contribution in [0, 0.1) is 0 Å². The Kier molecular flexibility index (Phi) is 3.19. The first-order valence-electron chi connectivity index (χ1n) is 7.93. The fourth-order valence-electron chi connectivity index (χ4n) is 3.67. The van der Waals surface area contributed by atoms with E-state index in [1.807, 2.05) is 0 Å². The summed E-state index contributed by atoms with van der Waals surface area (Å²) >= 11 is 0. The van der Waals surface area contributed by atoms with Gasteiger partial charge in [0.1, 0.15) is 0 Å². The highest BCUT2D eigenvalue weighted by atomic mass is 15.1.